The summed E-state index contributed by atoms with van der Waals surface area (Å²) in [6.45, 7) is 0. The fourth-order valence-corrected chi connectivity index (χ4v) is 3.07. The van der Waals surface area contributed by atoms with Crippen molar-refractivity contribution < 1.29 is 4.52 Å². The molecule has 2 atom stereocenters. The van der Waals surface area contributed by atoms with Crippen molar-refractivity contribution in [3.05, 3.63) is 52.6 Å². The Labute approximate surface area is 129 Å². The van der Waals surface area contributed by atoms with Crippen LogP contribution in [0.4, 0.5) is 0 Å². The zero-order chi connectivity index (χ0) is 13.9. The number of allylic oxidation sites excluding steroid dienone is 1. The number of benzene rings is 1. The molecular weight excluding hydrogens is 338 g/mol. The molecule has 0 spiro atoms. The second-order valence-electron chi connectivity index (χ2n) is 4.68. The minimum Gasteiger partial charge on any atom is -0.339 e. The van der Waals surface area contributed by atoms with Crippen LogP contribution < -0.4 is 5.73 Å². The molecule has 0 amide bonds. The molecule has 0 radical (unpaired) electrons. The van der Waals surface area contributed by atoms with Crippen LogP contribution in [0.2, 0.25) is 0 Å². The summed E-state index contributed by atoms with van der Waals surface area (Å²) in [5.41, 5.74) is 5.83. The number of nitrogens with two attached hydrogens (primary N) is 1. The number of hydrogen-bond acceptors (Lipinski definition) is 5. The van der Waals surface area contributed by atoms with Gasteiger partial charge in [-0.15, -0.1) is 11.8 Å². The van der Waals surface area contributed by atoms with Crippen molar-refractivity contribution in [1.29, 1.82) is 0 Å². The lowest BCUT2D eigenvalue weighted by Crippen LogP contribution is -2.14. The number of hydrogen-bond donors (Lipinski definition) is 1. The first-order valence-electron chi connectivity index (χ1n) is 6.35. The molecule has 2 unspecified atom stereocenters. The van der Waals surface area contributed by atoms with Crippen molar-refractivity contribution in [3.8, 4) is 0 Å². The highest BCUT2D eigenvalue weighted by Gasteiger charge is 2.22. The Morgan fingerprint density at radius 2 is 2.10 bits per heavy atom. The summed E-state index contributed by atoms with van der Waals surface area (Å²) in [6, 6.07) is 8.28. The highest BCUT2D eigenvalue weighted by Crippen LogP contribution is 2.28. The normalized spacial score (nSPS) is 21.5. The Bertz CT molecular complexity index is 611. The van der Waals surface area contributed by atoms with Crippen molar-refractivity contribution in [1.82, 2.24) is 10.1 Å². The first kappa shape index (κ1) is 13.9. The van der Waals surface area contributed by atoms with Crippen LogP contribution in [0.1, 0.15) is 24.1 Å². The van der Waals surface area contributed by atoms with E-state index in [0.29, 0.717) is 11.6 Å². The van der Waals surface area contributed by atoms with Crippen molar-refractivity contribution in [2.45, 2.75) is 29.0 Å². The smallest absolute Gasteiger partial charge is 0.233 e. The maximum atomic E-state index is 5.83. The van der Waals surface area contributed by atoms with E-state index in [-0.39, 0.29) is 12.0 Å². The molecule has 0 saturated carbocycles. The number of rotatable bonds is 4. The van der Waals surface area contributed by atoms with Crippen LogP contribution in [0.15, 0.2) is 50.3 Å². The van der Waals surface area contributed by atoms with Crippen LogP contribution in [-0.2, 0) is 5.75 Å². The van der Waals surface area contributed by atoms with Gasteiger partial charge in [0.1, 0.15) is 0 Å². The predicted molar refractivity (Wildman–Crippen MR) is 82.5 cm³/mol. The van der Waals surface area contributed by atoms with E-state index < -0.39 is 0 Å². The second-order valence-corrected chi connectivity index (χ2v) is 6.65. The Hall–Kier alpha value is -1.11. The minimum absolute atomic E-state index is 0.104. The molecule has 4 nitrogen and oxygen atoms in total. The Morgan fingerprint density at radius 3 is 2.80 bits per heavy atom. The molecule has 104 valence electrons. The van der Waals surface area contributed by atoms with E-state index in [9.17, 15) is 0 Å². The largest absolute Gasteiger partial charge is 0.339 e. The SMILES string of the molecule is NC1C=CC(c2nc(CSc3ccc(Br)cc3)no2)C1. The summed E-state index contributed by atoms with van der Waals surface area (Å²) in [5, 5.41) is 4.03. The van der Waals surface area contributed by atoms with Gasteiger partial charge in [-0.05, 0) is 30.7 Å². The lowest BCUT2D eigenvalue weighted by atomic mass is 10.1. The standard InChI is InChI=1S/C14H14BrN3OS/c15-10-2-5-12(6-3-10)20-8-13-17-14(19-18-13)9-1-4-11(16)7-9/h1-6,9,11H,7-8,16H2. The Morgan fingerprint density at radius 1 is 1.30 bits per heavy atom. The minimum atomic E-state index is 0.104. The molecule has 3 rings (SSSR count). The van der Waals surface area contributed by atoms with Gasteiger partial charge in [-0.25, -0.2) is 0 Å². The third kappa shape index (κ3) is 3.31. The zero-order valence-electron chi connectivity index (χ0n) is 10.7. The fourth-order valence-electron chi connectivity index (χ4n) is 2.07. The molecule has 1 aromatic carbocycles. The average Bonchev–Trinajstić information content (AvgIpc) is 3.07. The van der Waals surface area contributed by atoms with E-state index in [1.54, 1.807) is 11.8 Å². The van der Waals surface area contributed by atoms with Crippen LogP contribution in [0, 0.1) is 0 Å². The van der Waals surface area contributed by atoms with E-state index in [2.05, 4.69) is 38.2 Å². The van der Waals surface area contributed by atoms with E-state index >= 15 is 0 Å². The van der Waals surface area contributed by atoms with E-state index in [1.165, 1.54) is 4.90 Å². The third-order valence-electron chi connectivity index (χ3n) is 3.10. The van der Waals surface area contributed by atoms with Crippen molar-refractivity contribution in [3.63, 3.8) is 0 Å². The van der Waals surface area contributed by atoms with Gasteiger partial charge in [0.05, 0.1) is 11.7 Å². The van der Waals surface area contributed by atoms with Crippen molar-refractivity contribution in [2.75, 3.05) is 0 Å². The van der Waals surface area contributed by atoms with Gasteiger partial charge >= 0.3 is 0 Å². The molecule has 2 aromatic rings. The maximum Gasteiger partial charge on any atom is 0.233 e. The van der Waals surface area contributed by atoms with Crippen LogP contribution >= 0.6 is 27.7 Å². The molecular formula is C14H14BrN3OS. The molecule has 1 heterocycles. The number of halogens is 1. The van der Waals surface area contributed by atoms with Crippen LogP contribution in [0.25, 0.3) is 0 Å². The zero-order valence-corrected chi connectivity index (χ0v) is 13.1. The van der Waals surface area contributed by atoms with Gasteiger partial charge in [0.15, 0.2) is 5.82 Å². The first-order chi connectivity index (χ1) is 9.70. The molecule has 0 bridgehead atoms. The quantitative estimate of drug-likeness (QED) is 0.674. The molecule has 6 heteroatoms. The monoisotopic (exact) mass is 351 g/mol. The maximum absolute atomic E-state index is 5.83. The summed E-state index contributed by atoms with van der Waals surface area (Å²) in [6.07, 6.45) is 4.89. The van der Waals surface area contributed by atoms with Gasteiger partial charge in [0.25, 0.3) is 0 Å². The molecule has 0 saturated heterocycles. The van der Waals surface area contributed by atoms with Gasteiger partial charge < -0.3 is 10.3 Å². The molecule has 20 heavy (non-hydrogen) atoms. The van der Waals surface area contributed by atoms with E-state index in [4.69, 9.17) is 10.3 Å². The molecule has 1 aliphatic carbocycles. The number of thioether (sulfide) groups is 1. The van der Waals surface area contributed by atoms with Crippen LogP contribution in [-0.4, -0.2) is 16.2 Å². The second kappa shape index (κ2) is 6.11. The van der Waals surface area contributed by atoms with Gasteiger partial charge in [-0.2, -0.15) is 4.98 Å². The van der Waals surface area contributed by atoms with Crippen molar-refractivity contribution in [2.24, 2.45) is 5.73 Å². The molecule has 0 fully saturated rings. The first-order valence-corrected chi connectivity index (χ1v) is 8.13. The summed E-state index contributed by atoms with van der Waals surface area (Å²) in [5.74, 6) is 2.26. The van der Waals surface area contributed by atoms with Crippen molar-refractivity contribution >= 4 is 27.7 Å². The number of nitrogens with zero attached hydrogens (tertiary/aromatic N) is 2. The predicted octanol–water partition coefficient (Wildman–Crippen LogP) is 3.50. The van der Waals surface area contributed by atoms with Gasteiger partial charge in [0, 0.05) is 15.4 Å². The Kier molecular flexibility index (Phi) is 4.24. The van der Waals surface area contributed by atoms with Gasteiger partial charge in [-0.1, -0.05) is 33.2 Å². The molecule has 1 aromatic heterocycles. The molecule has 1 aliphatic rings. The highest BCUT2D eigenvalue weighted by atomic mass is 79.9. The van der Waals surface area contributed by atoms with Gasteiger partial charge in [0.2, 0.25) is 5.89 Å². The van der Waals surface area contributed by atoms with Crippen LogP contribution in [0.5, 0.6) is 0 Å². The van der Waals surface area contributed by atoms with Gasteiger partial charge in [-0.3, -0.25) is 0 Å². The topological polar surface area (TPSA) is 64.9 Å². The Balaban J connectivity index is 1.60. The summed E-state index contributed by atoms with van der Waals surface area (Å²) in [4.78, 5) is 5.63. The van der Waals surface area contributed by atoms with E-state index in [1.807, 2.05) is 24.3 Å². The highest BCUT2D eigenvalue weighted by molar-refractivity contribution is 9.10. The van der Waals surface area contributed by atoms with Crippen LogP contribution in [0.3, 0.4) is 0 Å². The summed E-state index contributed by atoms with van der Waals surface area (Å²) in [7, 11) is 0. The molecule has 0 aliphatic heterocycles. The summed E-state index contributed by atoms with van der Waals surface area (Å²) < 4.78 is 6.39. The lowest BCUT2D eigenvalue weighted by Gasteiger charge is -2.02. The molecule has 2 N–H and O–H groups in total. The van der Waals surface area contributed by atoms with E-state index in [0.717, 1.165) is 16.7 Å². The third-order valence-corrected chi connectivity index (χ3v) is 4.64. The lowest BCUT2D eigenvalue weighted by molar-refractivity contribution is 0.361. The fraction of sp³-hybridized carbons (Fsp3) is 0.286. The average molecular weight is 352 g/mol. The summed E-state index contributed by atoms with van der Waals surface area (Å²) >= 11 is 5.11. The number of aromatic nitrogens is 2.